The summed E-state index contributed by atoms with van der Waals surface area (Å²) < 4.78 is 25.5. The van der Waals surface area contributed by atoms with Gasteiger partial charge in [0.25, 0.3) is 0 Å². The topological polar surface area (TPSA) is 90.2 Å². The van der Waals surface area contributed by atoms with E-state index in [1.165, 1.54) is 31.2 Å². The molecule has 16 heavy (non-hydrogen) atoms. The molecule has 5 nitrogen and oxygen atoms in total. The Hall–Kier alpha value is -1.42. The molecule has 0 saturated heterocycles. The Morgan fingerprint density at radius 3 is 2.44 bits per heavy atom. The van der Waals surface area contributed by atoms with E-state index in [4.69, 9.17) is 10.4 Å². The third-order valence-electron chi connectivity index (χ3n) is 1.86. The van der Waals surface area contributed by atoms with Gasteiger partial charge in [-0.05, 0) is 31.2 Å². The zero-order valence-corrected chi connectivity index (χ0v) is 9.53. The number of benzene rings is 1. The summed E-state index contributed by atoms with van der Waals surface area (Å²) >= 11 is 0. The van der Waals surface area contributed by atoms with Crippen LogP contribution < -0.4 is 4.72 Å². The van der Waals surface area contributed by atoms with Crippen molar-refractivity contribution < 1.29 is 13.5 Å². The van der Waals surface area contributed by atoms with E-state index in [2.05, 4.69) is 4.72 Å². The molecule has 0 saturated carbocycles. The Bertz CT molecular complexity index is 486. The van der Waals surface area contributed by atoms with Crippen LogP contribution in [-0.2, 0) is 10.0 Å². The maximum atomic E-state index is 11.6. The molecule has 1 aromatic rings. The van der Waals surface area contributed by atoms with Gasteiger partial charge in [-0.2, -0.15) is 5.26 Å². The van der Waals surface area contributed by atoms with Crippen molar-refractivity contribution in [3.63, 3.8) is 0 Å². The smallest absolute Gasteiger partial charge is 0.240 e. The van der Waals surface area contributed by atoms with E-state index in [-0.39, 0.29) is 11.4 Å². The first-order valence-electron chi connectivity index (χ1n) is 4.63. The van der Waals surface area contributed by atoms with Gasteiger partial charge in [-0.25, -0.2) is 13.1 Å². The van der Waals surface area contributed by atoms with E-state index < -0.39 is 16.1 Å². The van der Waals surface area contributed by atoms with Crippen LogP contribution in [0.25, 0.3) is 0 Å². The van der Waals surface area contributed by atoms with Gasteiger partial charge in [0.15, 0.2) is 0 Å². The zero-order valence-electron chi connectivity index (χ0n) is 8.71. The fourth-order valence-corrected chi connectivity index (χ4v) is 2.14. The second-order valence-corrected chi connectivity index (χ2v) is 5.10. The number of nitrogens with one attached hydrogen (secondary N) is 1. The van der Waals surface area contributed by atoms with Crippen LogP contribution in [-0.4, -0.2) is 26.2 Å². The van der Waals surface area contributed by atoms with Crippen LogP contribution in [0.5, 0.6) is 0 Å². The molecular weight excluding hydrogens is 228 g/mol. The summed E-state index contributed by atoms with van der Waals surface area (Å²) in [5.74, 6) is 0. The van der Waals surface area contributed by atoms with Crippen molar-refractivity contribution in [1.82, 2.24) is 4.72 Å². The molecule has 0 aromatic heterocycles. The van der Waals surface area contributed by atoms with Crippen molar-refractivity contribution in [3.8, 4) is 6.07 Å². The van der Waals surface area contributed by atoms with Crippen LogP contribution in [0, 0.1) is 11.3 Å². The zero-order chi connectivity index (χ0) is 12.2. The average Bonchev–Trinajstić information content (AvgIpc) is 2.27. The Balaban J connectivity index is 2.87. The highest BCUT2D eigenvalue weighted by Gasteiger charge is 2.13. The van der Waals surface area contributed by atoms with Crippen molar-refractivity contribution in [2.45, 2.75) is 17.9 Å². The van der Waals surface area contributed by atoms with E-state index >= 15 is 0 Å². The maximum Gasteiger partial charge on any atom is 0.240 e. The monoisotopic (exact) mass is 240 g/mol. The van der Waals surface area contributed by atoms with Crippen LogP contribution in [0.1, 0.15) is 12.5 Å². The predicted molar refractivity (Wildman–Crippen MR) is 58.0 cm³/mol. The van der Waals surface area contributed by atoms with Gasteiger partial charge in [-0.3, -0.25) is 0 Å². The summed E-state index contributed by atoms with van der Waals surface area (Å²) in [5, 5.41) is 17.5. The average molecular weight is 240 g/mol. The molecule has 0 aliphatic carbocycles. The second kappa shape index (κ2) is 5.07. The number of rotatable bonds is 4. The van der Waals surface area contributed by atoms with E-state index in [0.717, 1.165) is 0 Å². The number of hydrogen-bond acceptors (Lipinski definition) is 4. The SMILES string of the molecule is C[C@H](O)CNS(=O)(=O)c1ccc(C#N)cc1. The summed E-state index contributed by atoms with van der Waals surface area (Å²) in [4.78, 5) is 0.0761. The minimum Gasteiger partial charge on any atom is -0.392 e. The van der Waals surface area contributed by atoms with Gasteiger partial charge in [-0.1, -0.05) is 0 Å². The Kier molecular flexibility index (Phi) is 4.01. The molecule has 6 heteroatoms. The van der Waals surface area contributed by atoms with Crippen molar-refractivity contribution >= 4 is 10.0 Å². The van der Waals surface area contributed by atoms with E-state index in [9.17, 15) is 8.42 Å². The lowest BCUT2D eigenvalue weighted by molar-refractivity contribution is 0.198. The summed E-state index contributed by atoms with van der Waals surface area (Å²) in [7, 11) is -3.60. The minimum absolute atomic E-state index is 0.0394. The van der Waals surface area contributed by atoms with Crippen molar-refractivity contribution in [2.75, 3.05) is 6.54 Å². The Morgan fingerprint density at radius 1 is 1.44 bits per heavy atom. The quantitative estimate of drug-likeness (QED) is 0.787. The molecule has 0 unspecified atom stereocenters. The molecule has 1 aromatic carbocycles. The molecule has 0 radical (unpaired) electrons. The highest BCUT2D eigenvalue weighted by molar-refractivity contribution is 7.89. The lowest BCUT2D eigenvalue weighted by Gasteiger charge is -2.08. The van der Waals surface area contributed by atoms with E-state index in [0.29, 0.717) is 5.56 Å². The first kappa shape index (κ1) is 12.6. The van der Waals surface area contributed by atoms with Crippen LogP contribution in [0.2, 0.25) is 0 Å². The summed E-state index contributed by atoms with van der Waals surface area (Å²) in [6, 6.07) is 7.46. The number of aliphatic hydroxyl groups is 1. The molecule has 1 atom stereocenters. The molecule has 0 aliphatic rings. The van der Waals surface area contributed by atoms with E-state index in [1.807, 2.05) is 6.07 Å². The van der Waals surface area contributed by atoms with Gasteiger partial charge in [0.2, 0.25) is 10.0 Å². The van der Waals surface area contributed by atoms with Gasteiger partial charge in [0.05, 0.1) is 22.6 Å². The van der Waals surface area contributed by atoms with Crippen LogP contribution >= 0.6 is 0 Å². The summed E-state index contributed by atoms with van der Waals surface area (Å²) in [5.41, 5.74) is 0.398. The van der Waals surface area contributed by atoms with Crippen molar-refractivity contribution in [1.29, 1.82) is 5.26 Å². The van der Waals surface area contributed by atoms with Gasteiger partial charge in [0, 0.05) is 6.54 Å². The van der Waals surface area contributed by atoms with Gasteiger partial charge < -0.3 is 5.11 Å². The normalized spacial score (nSPS) is 13.1. The molecule has 0 spiro atoms. The van der Waals surface area contributed by atoms with Gasteiger partial charge in [0.1, 0.15) is 0 Å². The van der Waals surface area contributed by atoms with Crippen molar-refractivity contribution in [3.05, 3.63) is 29.8 Å². The maximum absolute atomic E-state index is 11.6. The molecule has 86 valence electrons. The lowest BCUT2D eigenvalue weighted by Crippen LogP contribution is -2.30. The molecule has 0 fully saturated rings. The highest BCUT2D eigenvalue weighted by Crippen LogP contribution is 2.09. The minimum atomic E-state index is -3.60. The summed E-state index contributed by atoms with van der Waals surface area (Å²) in [6.07, 6.45) is -0.742. The third kappa shape index (κ3) is 3.31. The van der Waals surface area contributed by atoms with Gasteiger partial charge >= 0.3 is 0 Å². The number of aliphatic hydroxyl groups excluding tert-OH is 1. The summed E-state index contributed by atoms with van der Waals surface area (Å²) in [6.45, 7) is 1.45. The molecular formula is C10H12N2O3S. The Labute approximate surface area is 94.4 Å². The largest absolute Gasteiger partial charge is 0.392 e. The number of nitriles is 1. The molecule has 2 N–H and O–H groups in total. The molecule has 0 aliphatic heterocycles. The first-order valence-corrected chi connectivity index (χ1v) is 6.12. The fraction of sp³-hybridized carbons (Fsp3) is 0.300. The van der Waals surface area contributed by atoms with Crippen LogP contribution in [0.15, 0.2) is 29.2 Å². The predicted octanol–water partition coefficient (Wildman–Crippen LogP) is 0.217. The number of sulfonamides is 1. The fourth-order valence-electron chi connectivity index (χ4n) is 1.02. The highest BCUT2D eigenvalue weighted by atomic mass is 32.2. The first-order chi connectivity index (χ1) is 7.45. The molecule has 0 bridgehead atoms. The molecule has 0 heterocycles. The standard InChI is InChI=1S/C10H12N2O3S/c1-8(13)7-12-16(14,15)10-4-2-9(6-11)3-5-10/h2-5,8,12-13H,7H2,1H3/t8-/m0/s1. The Morgan fingerprint density at radius 2 is 2.00 bits per heavy atom. The third-order valence-corrected chi connectivity index (χ3v) is 3.30. The molecule has 1 rings (SSSR count). The van der Waals surface area contributed by atoms with Crippen LogP contribution in [0.4, 0.5) is 0 Å². The van der Waals surface area contributed by atoms with Crippen LogP contribution in [0.3, 0.4) is 0 Å². The second-order valence-electron chi connectivity index (χ2n) is 3.34. The number of hydrogen-bond donors (Lipinski definition) is 2. The van der Waals surface area contributed by atoms with E-state index in [1.54, 1.807) is 0 Å². The van der Waals surface area contributed by atoms with Gasteiger partial charge in [-0.15, -0.1) is 0 Å². The number of nitrogens with zero attached hydrogens (tertiary/aromatic N) is 1. The lowest BCUT2D eigenvalue weighted by atomic mass is 10.2. The van der Waals surface area contributed by atoms with Crippen molar-refractivity contribution in [2.24, 2.45) is 0 Å². The molecule has 0 amide bonds.